The Kier molecular flexibility index (Phi) is 6.95. The number of benzene rings is 1. The molecular formula is C24H19F3N8O2S. The van der Waals surface area contributed by atoms with Crippen molar-refractivity contribution in [2.75, 3.05) is 17.2 Å². The molecule has 10 nitrogen and oxygen atoms in total. The number of amides is 2. The van der Waals surface area contributed by atoms with E-state index >= 15 is 0 Å². The van der Waals surface area contributed by atoms with E-state index in [0.717, 1.165) is 27.5 Å². The standard InChI is InChI=1S/C24H19F3N8O2S/c1-34-13-18(12-30-34)31-22-28-10-16(11-29-22)6-5-15-3-2-4-17(9-15)32-23(36)35-19(7-8-37-35)21-33-20(14-38-21)24(25,26)27/h2-4,9-14,19H,7-8H2,1H3,(H,32,36)(H,28,29,31)/t19-/m0/s1. The summed E-state index contributed by atoms with van der Waals surface area (Å²) in [5.74, 6) is 6.37. The molecule has 1 atom stereocenters. The number of urea groups is 1. The molecule has 0 saturated carbocycles. The Morgan fingerprint density at radius 1 is 1.16 bits per heavy atom. The van der Waals surface area contributed by atoms with Crippen LogP contribution in [-0.4, -0.2) is 42.4 Å². The zero-order chi connectivity index (χ0) is 26.7. The topological polar surface area (TPSA) is 110 Å². The van der Waals surface area contributed by atoms with Gasteiger partial charge in [0, 0.05) is 48.7 Å². The van der Waals surface area contributed by atoms with E-state index < -0.39 is 23.9 Å². The average molecular weight is 541 g/mol. The second kappa shape index (κ2) is 10.5. The molecule has 4 aromatic rings. The van der Waals surface area contributed by atoms with E-state index in [-0.39, 0.29) is 11.6 Å². The molecule has 1 aromatic carbocycles. The lowest BCUT2D eigenvalue weighted by atomic mass is 10.2. The fourth-order valence-corrected chi connectivity index (χ4v) is 4.47. The number of carbonyl (C=O) groups is 1. The molecule has 1 aliphatic rings. The quantitative estimate of drug-likeness (QED) is 0.360. The molecule has 2 N–H and O–H groups in total. The molecular weight excluding hydrogens is 521 g/mol. The van der Waals surface area contributed by atoms with Crippen LogP contribution in [0.25, 0.3) is 0 Å². The van der Waals surface area contributed by atoms with E-state index in [4.69, 9.17) is 4.84 Å². The maximum Gasteiger partial charge on any atom is 0.434 e. The lowest BCUT2D eigenvalue weighted by Gasteiger charge is -2.21. The summed E-state index contributed by atoms with van der Waals surface area (Å²) in [7, 11) is 1.81. The monoisotopic (exact) mass is 540 g/mol. The van der Waals surface area contributed by atoms with E-state index in [1.54, 1.807) is 60.8 Å². The number of hydrogen-bond donors (Lipinski definition) is 2. The van der Waals surface area contributed by atoms with Crippen LogP contribution in [-0.2, 0) is 18.1 Å². The molecule has 0 radical (unpaired) electrons. The van der Waals surface area contributed by atoms with Gasteiger partial charge in [0.1, 0.15) is 11.0 Å². The van der Waals surface area contributed by atoms with Crippen LogP contribution in [0, 0.1) is 11.8 Å². The number of aryl methyl sites for hydroxylation is 1. The third-order valence-electron chi connectivity index (χ3n) is 5.28. The van der Waals surface area contributed by atoms with Gasteiger partial charge in [0.2, 0.25) is 5.95 Å². The van der Waals surface area contributed by atoms with Crippen molar-refractivity contribution in [1.29, 1.82) is 0 Å². The van der Waals surface area contributed by atoms with Crippen LogP contribution in [0.4, 0.5) is 35.3 Å². The number of aromatic nitrogens is 5. The number of hydrogen-bond acceptors (Lipinski definition) is 8. The van der Waals surface area contributed by atoms with Crippen molar-refractivity contribution in [3.63, 3.8) is 0 Å². The first-order valence-electron chi connectivity index (χ1n) is 11.2. The van der Waals surface area contributed by atoms with Crippen LogP contribution in [0.15, 0.2) is 54.4 Å². The van der Waals surface area contributed by atoms with Gasteiger partial charge in [0.05, 0.1) is 24.1 Å². The van der Waals surface area contributed by atoms with E-state index in [9.17, 15) is 18.0 Å². The van der Waals surface area contributed by atoms with Crippen molar-refractivity contribution < 1.29 is 22.8 Å². The van der Waals surface area contributed by atoms with Crippen molar-refractivity contribution in [3.8, 4) is 11.8 Å². The summed E-state index contributed by atoms with van der Waals surface area (Å²) >= 11 is 0.841. The Labute approximate surface area is 218 Å². The van der Waals surface area contributed by atoms with Crippen molar-refractivity contribution in [1.82, 2.24) is 29.8 Å². The number of hydroxylamine groups is 2. The van der Waals surface area contributed by atoms with Gasteiger partial charge in [-0.05, 0) is 18.2 Å². The third kappa shape index (κ3) is 5.90. The summed E-state index contributed by atoms with van der Waals surface area (Å²) in [5, 5.41) is 11.9. The molecule has 14 heteroatoms. The molecule has 1 fully saturated rings. The first-order valence-corrected chi connectivity index (χ1v) is 12.1. The third-order valence-corrected chi connectivity index (χ3v) is 6.23. The number of thiazole rings is 1. The van der Waals surface area contributed by atoms with Gasteiger partial charge in [-0.1, -0.05) is 17.9 Å². The molecule has 194 valence electrons. The molecule has 0 spiro atoms. The van der Waals surface area contributed by atoms with Crippen molar-refractivity contribution in [2.45, 2.75) is 18.6 Å². The average Bonchev–Trinajstić information content (AvgIpc) is 3.64. The summed E-state index contributed by atoms with van der Waals surface area (Å²) in [5.41, 5.74) is 1.42. The van der Waals surface area contributed by atoms with Gasteiger partial charge in [-0.25, -0.2) is 19.7 Å². The molecule has 2 amide bonds. The number of nitrogens with zero attached hydrogens (tertiary/aromatic N) is 6. The lowest BCUT2D eigenvalue weighted by Crippen LogP contribution is -2.33. The molecule has 0 bridgehead atoms. The summed E-state index contributed by atoms with van der Waals surface area (Å²) in [4.78, 5) is 30.4. The fraction of sp³-hybridized carbons (Fsp3) is 0.208. The predicted molar refractivity (Wildman–Crippen MR) is 132 cm³/mol. The Hall–Kier alpha value is -4.48. The van der Waals surface area contributed by atoms with E-state index in [1.165, 1.54) is 0 Å². The van der Waals surface area contributed by atoms with Gasteiger partial charge in [0.15, 0.2) is 5.69 Å². The Morgan fingerprint density at radius 3 is 2.66 bits per heavy atom. The maximum absolute atomic E-state index is 12.9. The minimum Gasteiger partial charge on any atom is -0.321 e. The van der Waals surface area contributed by atoms with Gasteiger partial charge in [0.25, 0.3) is 0 Å². The van der Waals surface area contributed by atoms with Gasteiger partial charge in [-0.2, -0.15) is 23.3 Å². The highest BCUT2D eigenvalue weighted by molar-refractivity contribution is 7.09. The minimum absolute atomic E-state index is 0.161. The highest BCUT2D eigenvalue weighted by Gasteiger charge is 2.38. The highest BCUT2D eigenvalue weighted by atomic mass is 32.1. The van der Waals surface area contributed by atoms with E-state index in [0.29, 0.717) is 29.2 Å². The molecule has 0 aliphatic carbocycles. The summed E-state index contributed by atoms with van der Waals surface area (Å²) in [6, 6.07) is 5.49. The van der Waals surface area contributed by atoms with E-state index in [1.807, 2.05) is 0 Å². The molecule has 4 heterocycles. The molecule has 5 rings (SSSR count). The predicted octanol–water partition coefficient (Wildman–Crippen LogP) is 4.74. The van der Waals surface area contributed by atoms with E-state index in [2.05, 4.69) is 42.5 Å². The lowest BCUT2D eigenvalue weighted by molar-refractivity contribution is -0.141. The number of halogens is 3. The molecule has 1 saturated heterocycles. The number of nitrogens with one attached hydrogen (secondary N) is 2. The van der Waals surface area contributed by atoms with Crippen molar-refractivity contribution in [2.24, 2.45) is 7.05 Å². The van der Waals surface area contributed by atoms with Gasteiger partial charge in [-0.3, -0.25) is 9.52 Å². The zero-order valence-corrected chi connectivity index (χ0v) is 20.5. The van der Waals surface area contributed by atoms with Crippen LogP contribution in [0.1, 0.15) is 34.3 Å². The molecule has 0 unspecified atom stereocenters. The number of rotatable bonds is 4. The van der Waals surface area contributed by atoms with Gasteiger partial charge >= 0.3 is 12.2 Å². The van der Waals surface area contributed by atoms with Crippen LogP contribution in [0.2, 0.25) is 0 Å². The van der Waals surface area contributed by atoms with Gasteiger partial charge < -0.3 is 10.6 Å². The normalized spacial score (nSPS) is 15.2. The fourth-order valence-electron chi connectivity index (χ4n) is 3.53. The Bertz CT molecular complexity index is 1510. The number of anilines is 3. The first-order chi connectivity index (χ1) is 18.2. The number of carbonyl (C=O) groups excluding carboxylic acids is 1. The SMILES string of the molecule is Cn1cc(Nc2ncc(C#Cc3cccc(NC(=O)N4OCC[C@H]4c4nc(C(F)(F)F)cs4)c3)cn2)cn1. The number of alkyl halides is 3. The second-order valence-corrected chi connectivity index (χ2v) is 9.01. The van der Waals surface area contributed by atoms with Crippen molar-refractivity contribution in [3.05, 3.63) is 76.3 Å². The van der Waals surface area contributed by atoms with Crippen molar-refractivity contribution >= 4 is 34.7 Å². The molecule has 1 aliphatic heterocycles. The smallest absolute Gasteiger partial charge is 0.321 e. The van der Waals surface area contributed by atoms with Crippen LogP contribution in [0.5, 0.6) is 0 Å². The van der Waals surface area contributed by atoms with Crippen LogP contribution >= 0.6 is 11.3 Å². The Balaban J connectivity index is 1.23. The highest BCUT2D eigenvalue weighted by Crippen LogP contribution is 2.36. The maximum atomic E-state index is 12.9. The zero-order valence-electron chi connectivity index (χ0n) is 19.7. The minimum atomic E-state index is -4.55. The first kappa shape index (κ1) is 25.2. The van der Waals surface area contributed by atoms with Crippen LogP contribution in [0.3, 0.4) is 0 Å². The van der Waals surface area contributed by atoms with Crippen LogP contribution < -0.4 is 10.6 Å². The van der Waals surface area contributed by atoms with Gasteiger partial charge in [-0.15, -0.1) is 11.3 Å². The molecule has 3 aromatic heterocycles. The summed E-state index contributed by atoms with van der Waals surface area (Å²) in [6.45, 7) is 0.184. The largest absolute Gasteiger partial charge is 0.434 e. The summed E-state index contributed by atoms with van der Waals surface area (Å²) < 4.78 is 40.5. The summed E-state index contributed by atoms with van der Waals surface area (Å²) in [6.07, 6.45) is 2.40. The molecule has 38 heavy (non-hydrogen) atoms. The Morgan fingerprint density at radius 2 is 1.95 bits per heavy atom. The second-order valence-electron chi connectivity index (χ2n) is 8.12.